The molecule has 24 rings (SSSR count). The van der Waals surface area contributed by atoms with Crippen molar-refractivity contribution >= 4 is 32.3 Å². The fourth-order valence-electron chi connectivity index (χ4n) is 18.2. The third-order valence-corrected chi connectivity index (χ3v) is 25.7. The molecular formula is C132H84N12. The Labute approximate surface area is 834 Å². The van der Waals surface area contributed by atoms with Gasteiger partial charge in [-0.1, -0.05) is 443 Å². The minimum Gasteiger partial charge on any atom is -0.208 e. The normalized spacial score (nSPS) is 10.9. The summed E-state index contributed by atoms with van der Waals surface area (Å²) >= 11 is 0. The van der Waals surface area contributed by atoms with Gasteiger partial charge in [0.1, 0.15) is 0 Å². The van der Waals surface area contributed by atoms with E-state index < -0.39 is 0 Å². The Bertz CT molecular complexity index is 8760. The van der Waals surface area contributed by atoms with Crippen molar-refractivity contribution in [1.29, 1.82) is 15.8 Å². The molecule has 3 aromatic heterocycles. The van der Waals surface area contributed by atoms with Crippen LogP contribution in [0.1, 0.15) is 16.7 Å². The maximum atomic E-state index is 9.64. The number of fused-ring (bicyclic) bond motifs is 3. The second-order valence-electron chi connectivity index (χ2n) is 34.9. The van der Waals surface area contributed by atoms with E-state index in [0.717, 1.165) is 150 Å². The molecule has 0 N–H and O–H groups in total. The van der Waals surface area contributed by atoms with Gasteiger partial charge in [-0.05, 0) is 199 Å². The average molecular weight is 1840 g/mol. The van der Waals surface area contributed by atoms with Gasteiger partial charge in [-0.25, -0.2) is 44.9 Å². The topological polar surface area (TPSA) is 187 Å². The van der Waals surface area contributed by atoms with Crippen molar-refractivity contribution in [3.05, 3.63) is 526 Å². The van der Waals surface area contributed by atoms with Crippen LogP contribution in [0.4, 0.5) is 0 Å². The average Bonchev–Trinajstić information content (AvgIpc) is 0.774. The fraction of sp³-hybridized carbons (Fsp3) is 0. The summed E-state index contributed by atoms with van der Waals surface area (Å²) in [5.74, 6) is 5.74. The first-order valence-corrected chi connectivity index (χ1v) is 47.5. The maximum absolute atomic E-state index is 9.64. The molecule has 0 radical (unpaired) electrons. The Morgan fingerprint density at radius 1 is 0.118 bits per heavy atom. The standard InChI is InChI=1S/3C44H28N4/c45-29-30-10-9-17-37(26-30)31-18-20-32(21-19-31)40-27-38-15-7-8-16-39(38)28-41(40)33-22-24-36(25-23-33)44-47-42(34-11-3-1-4-12-34)46-43(48-44)35-13-5-2-6-14-35;45-29-38-17-9-10-18-39(38)30-19-21-31(22-20-30)40-27-36-15-7-8-16-37(36)28-41(40)32-23-25-35(26-24-32)44-47-42(33-11-3-1-4-12-33)46-43(48-44)34-13-5-2-6-14-34;45-29-30-15-17-31(18-16-30)32-19-21-33(22-20-32)40-27-38-13-7-8-14-39(38)28-41(40)34-23-25-37(26-24-34)44-47-42(35-9-3-1-4-10-35)46-43(48-44)36-11-5-2-6-12-36/h3*1-28H. The molecule has 0 spiro atoms. The summed E-state index contributed by atoms with van der Waals surface area (Å²) in [6.07, 6.45) is 0. The molecule has 0 aliphatic rings. The zero-order valence-electron chi connectivity index (χ0n) is 77.9. The van der Waals surface area contributed by atoms with E-state index in [1.807, 2.05) is 255 Å². The Morgan fingerprint density at radius 2 is 0.299 bits per heavy atom. The molecule has 0 saturated heterocycles. The molecule has 0 aliphatic heterocycles. The van der Waals surface area contributed by atoms with Crippen LogP contribution in [0.5, 0.6) is 0 Å². The number of nitriles is 3. The van der Waals surface area contributed by atoms with E-state index >= 15 is 0 Å². The monoisotopic (exact) mass is 1840 g/mol. The molecule has 0 bridgehead atoms. The van der Waals surface area contributed by atoms with Gasteiger partial charge in [0.2, 0.25) is 0 Å². The van der Waals surface area contributed by atoms with Crippen LogP contribution in [0.15, 0.2) is 510 Å². The number of benzene rings is 21. The van der Waals surface area contributed by atoms with Crippen LogP contribution in [0.3, 0.4) is 0 Å². The third-order valence-electron chi connectivity index (χ3n) is 25.7. The molecule has 672 valence electrons. The second kappa shape index (κ2) is 41.1. The largest absolute Gasteiger partial charge is 0.208 e. The van der Waals surface area contributed by atoms with Crippen molar-refractivity contribution in [2.75, 3.05) is 0 Å². The lowest BCUT2D eigenvalue weighted by atomic mass is 9.90. The van der Waals surface area contributed by atoms with Gasteiger partial charge in [0.15, 0.2) is 52.4 Å². The van der Waals surface area contributed by atoms with Crippen molar-refractivity contribution in [2.45, 2.75) is 0 Å². The highest BCUT2D eigenvalue weighted by atomic mass is 15.1. The SMILES string of the molecule is N#Cc1ccc(-c2ccc(-c3cc4ccccc4cc3-c3ccc(-c4nc(-c5ccccc5)nc(-c5ccccc5)n4)cc3)cc2)cc1.N#Cc1cccc(-c2ccc(-c3cc4ccccc4cc3-c3ccc(-c4nc(-c5ccccc5)nc(-c5ccccc5)n4)cc3)cc2)c1.N#Cc1ccccc1-c1ccc(-c2cc3ccccc3cc2-c2ccc(-c3nc(-c4ccccc4)nc(-c4ccccc4)n3)cc2)cc1. The number of hydrogen-bond donors (Lipinski definition) is 0. The quantitative estimate of drug-likeness (QED) is 0.0792. The predicted octanol–water partition coefficient (Wildman–Crippen LogP) is 32.7. The van der Waals surface area contributed by atoms with E-state index in [-0.39, 0.29) is 0 Å². The third kappa shape index (κ3) is 19.5. The Morgan fingerprint density at radius 3 is 0.535 bits per heavy atom. The van der Waals surface area contributed by atoms with Crippen LogP contribution in [-0.2, 0) is 0 Å². The summed E-state index contributed by atoms with van der Waals surface area (Å²) in [5.41, 5.74) is 30.2. The van der Waals surface area contributed by atoms with Gasteiger partial charge in [-0.2, -0.15) is 15.8 Å². The van der Waals surface area contributed by atoms with Crippen molar-refractivity contribution in [3.63, 3.8) is 0 Å². The zero-order valence-corrected chi connectivity index (χ0v) is 77.9. The molecule has 12 heteroatoms. The van der Waals surface area contributed by atoms with Gasteiger partial charge < -0.3 is 0 Å². The van der Waals surface area contributed by atoms with Gasteiger partial charge in [-0.3, -0.25) is 0 Å². The second-order valence-corrected chi connectivity index (χ2v) is 34.9. The van der Waals surface area contributed by atoms with Gasteiger partial charge >= 0.3 is 0 Å². The number of hydrogen-bond acceptors (Lipinski definition) is 12. The van der Waals surface area contributed by atoms with E-state index in [1.165, 1.54) is 32.3 Å². The van der Waals surface area contributed by atoms with E-state index in [1.54, 1.807) is 0 Å². The molecule has 21 aromatic carbocycles. The molecule has 0 unspecified atom stereocenters. The maximum Gasteiger partial charge on any atom is 0.164 e. The van der Waals surface area contributed by atoms with Crippen LogP contribution in [-0.4, -0.2) is 44.9 Å². The van der Waals surface area contributed by atoms with Gasteiger partial charge in [-0.15, -0.1) is 0 Å². The lowest BCUT2D eigenvalue weighted by Gasteiger charge is -2.14. The highest BCUT2D eigenvalue weighted by molar-refractivity contribution is 6.01. The van der Waals surface area contributed by atoms with Crippen LogP contribution in [0.25, 0.3) is 235 Å². The van der Waals surface area contributed by atoms with E-state index in [0.29, 0.717) is 69.1 Å². The van der Waals surface area contributed by atoms with Gasteiger partial charge in [0, 0.05) is 50.1 Å². The predicted molar refractivity (Wildman–Crippen MR) is 584 cm³/mol. The zero-order chi connectivity index (χ0) is 96.9. The van der Waals surface area contributed by atoms with Crippen molar-refractivity contribution in [3.8, 4) is 221 Å². The summed E-state index contributed by atoms with van der Waals surface area (Å²) < 4.78 is 0. The Hall–Kier alpha value is -20.1. The van der Waals surface area contributed by atoms with E-state index in [4.69, 9.17) is 44.9 Å². The highest BCUT2D eigenvalue weighted by Crippen LogP contribution is 2.44. The molecule has 0 aliphatic carbocycles. The first-order chi connectivity index (χ1) is 71.2. The minimum absolute atomic E-state index is 0.626. The van der Waals surface area contributed by atoms with Gasteiger partial charge in [0.05, 0.1) is 34.9 Å². The summed E-state index contributed by atoms with van der Waals surface area (Å²) in [6.45, 7) is 0. The van der Waals surface area contributed by atoms with Crippen molar-refractivity contribution in [2.24, 2.45) is 0 Å². The fourth-order valence-corrected chi connectivity index (χ4v) is 18.2. The lowest BCUT2D eigenvalue weighted by molar-refractivity contribution is 1.07. The summed E-state index contributed by atoms with van der Waals surface area (Å²) in [5, 5.41) is 35.3. The van der Waals surface area contributed by atoms with Crippen LogP contribution in [0.2, 0.25) is 0 Å². The van der Waals surface area contributed by atoms with Gasteiger partial charge in [0.25, 0.3) is 0 Å². The molecule has 0 fully saturated rings. The molecule has 144 heavy (non-hydrogen) atoms. The minimum atomic E-state index is 0.626. The molecule has 3 heterocycles. The van der Waals surface area contributed by atoms with Crippen LogP contribution >= 0.6 is 0 Å². The first-order valence-electron chi connectivity index (χ1n) is 47.5. The smallest absolute Gasteiger partial charge is 0.164 e. The molecule has 0 amide bonds. The Balaban J connectivity index is 0.000000123. The van der Waals surface area contributed by atoms with Crippen molar-refractivity contribution in [1.82, 2.24) is 44.9 Å². The van der Waals surface area contributed by atoms with E-state index in [2.05, 4.69) is 273 Å². The Kier molecular flexibility index (Phi) is 25.4. The highest BCUT2D eigenvalue weighted by Gasteiger charge is 2.22. The number of aromatic nitrogens is 9. The van der Waals surface area contributed by atoms with E-state index in [9.17, 15) is 15.8 Å². The number of rotatable bonds is 18. The summed E-state index contributed by atoms with van der Waals surface area (Å²) in [7, 11) is 0. The molecule has 12 nitrogen and oxygen atoms in total. The molecular weight excluding hydrogens is 1750 g/mol. The lowest BCUT2D eigenvalue weighted by Crippen LogP contribution is -2.00. The molecule has 0 atom stereocenters. The summed E-state index contributed by atoms with van der Waals surface area (Å²) in [6, 6.07) is 180. The first kappa shape index (κ1) is 89.1. The molecule has 24 aromatic rings. The number of nitrogens with zero attached hydrogens (tertiary/aromatic N) is 12. The van der Waals surface area contributed by atoms with Crippen molar-refractivity contribution < 1.29 is 0 Å². The molecule has 0 saturated carbocycles. The van der Waals surface area contributed by atoms with Crippen LogP contribution < -0.4 is 0 Å². The summed E-state index contributed by atoms with van der Waals surface area (Å²) in [4.78, 5) is 44.0. The van der Waals surface area contributed by atoms with Crippen LogP contribution in [0, 0.1) is 34.0 Å².